The number of halogens is 6. The number of aromatic nitrogens is 1. The van der Waals surface area contributed by atoms with Crippen LogP contribution in [0.1, 0.15) is 5.69 Å². The van der Waals surface area contributed by atoms with Crippen molar-refractivity contribution >= 4 is 45.7 Å². The maximum Gasteiger partial charge on any atom is 0.433 e. The van der Waals surface area contributed by atoms with E-state index >= 15 is 0 Å². The van der Waals surface area contributed by atoms with Crippen LogP contribution in [0.15, 0.2) is 18.2 Å². The summed E-state index contributed by atoms with van der Waals surface area (Å²) in [7, 11) is 0. The second kappa shape index (κ2) is 4.19. The number of rotatable bonds is 0. The molecule has 1 heterocycles. The molecule has 0 radical (unpaired) electrons. The van der Waals surface area contributed by atoms with Gasteiger partial charge in [-0.05, 0) is 18.2 Å². The van der Waals surface area contributed by atoms with Crippen LogP contribution < -0.4 is 0 Å². The first-order chi connectivity index (χ1) is 7.80. The normalized spacial score (nSPS) is 12.1. The van der Waals surface area contributed by atoms with Gasteiger partial charge in [0.05, 0.1) is 20.6 Å². The quantitative estimate of drug-likeness (QED) is 0.650. The van der Waals surface area contributed by atoms with E-state index in [1.165, 1.54) is 12.1 Å². The molecule has 17 heavy (non-hydrogen) atoms. The van der Waals surface area contributed by atoms with E-state index in [1.54, 1.807) is 0 Å². The van der Waals surface area contributed by atoms with Gasteiger partial charge in [-0.3, -0.25) is 0 Å². The summed E-state index contributed by atoms with van der Waals surface area (Å²) in [5.41, 5.74) is -1.15. The molecular formula is C10H3Cl3F3N. The average molecular weight is 300 g/mol. The van der Waals surface area contributed by atoms with E-state index in [2.05, 4.69) is 4.98 Å². The highest BCUT2D eigenvalue weighted by molar-refractivity contribution is 6.44. The summed E-state index contributed by atoms with van der Waals surface area (Å²) in [6.45, 7) is 0. The molecule has 0 spiro atoms. The predicted molar refractivity (Wildman–Crippen MR) is 61.8 cm³/mol. The average Bonchev–Trinajstić information content (AvgIpc) is 2.21. The van der Waals surface area contributed by atoms with E-state index in [0.717, 1.165) is 6.07 Å². The van der Waals surface area contributed by atoms with Crippen LogP contribution in [0.3, 0.4) is 0 Å². The fourth-order valence-electron chi connectivity index (χ4n) is 1.37. The third-order valence-corrected chi connectivity index (χ3v) is 3.02. The molecule has 2 rings (SSSR count). The molecule has 90 valence electrons. The van der Waals surface area contributed by atoms with Crippen LogP contribution in [0.5, 0.6) is 0 Å². The number of alkyl halides is 3. The van der Waals surface area contributed by atoms with Crippen LogP contribution >= 0.6 is 34.8 Å². The van der Waals surface area contributed by atoms with Crippen LogP contribution in [0, 0.1) is 0 Å². The standard InChI is InChI=1S/C10H3Cl3F3N/c11-4-1-2-5(12)9-8(4)6(13)3-7(17-9)10(14,15)16/h1-3H. The van der Waals surface area contributed by atoms with Gasteiger partial charge in [-0.2, -0.15) is 13.2 Å². The van der Waals surface area contributed by atoms with Crippen molar-refractivity contribution in [1.82, 2.24) is 4.98 Å². The van der Waals surface area contributed by atoms with Gasteiger partial charge >= 0.3 is 6.18 Å². The maximum absolute atomic E-state index is 12.5. The van der Waals surface area contributed by atoms with Gasteiger partial charge < -0.3 is 0 Å². The van der Waals surface area contributed by atoms with Crippen molar-refractivity contribution in [3.8, 4) is 0 Å². The minimum Gasteiger partial charge on any atom is -0.242 e. The minimum absolute atomic E-state index is 0.0565. The second-order valence-corrected chi connectivity index (χ2v) is 4.46. The summed E-state index contributed by atoms with van der Waals surface area (Å²) >= 11 is 17.4. The summed E-state index contributed by atoms with van der Waals surface area (Å²) in [6, 6.07) is 3.55. The van der Waals surface area contributed by atoms with Crippen molar-refractivity contribution < 1.29 is 13.2 Å². The molecule has 0 N–H and O–H groups in total. The number of nitrogens with zero attached hydrogens (tertiary/aromatic N) is 1. The molecule has 0 atom stereocenters. The van der Waals surface area contributed by atoms with Crippen LogP contribution in [0.2, 0.25) is 15.1 Å². The van der Waals surface area contributed by atoms with Crippen molar-refractivity contribution in [3.05, 3.63) is 39.0 Å². The molecule has 1 aromatic carbocycles. The summed E-state index contributed by atoms with van der Waals surface area (Å²) in [4.78, 5) is 3.44. The highest BCUT2D eigenvalue weighted by atomic mass is 35.5. The largest absolute Gasteiger partial charge is 0.433 e. The monoisotopic (exact) mass is 299 g/mol. The van der Waals surface area contributed by atoms with Crippen LogP contribution in [0.4, 0.5) is 13.2 Å². The van der Waals surface area contributed by atoms with Gasteiger partial charge in [0.2, 0.25) is 0 Å². The van der Waals surface area contributed by atoms with Crippen molar-refractivity contribution in [3.63, 3.8) is 0 Å². The first-order valence-corrected chi connectivity index (χ1v) is 5.45. The lowest BCUT2D eigenvalue weighted by molar-refractivity contribution is -0.140. The van der Waals surface area contributed by atoms with Crippen molar-refractivity contribution in [2.75, 3.05) is 0 Å². The molecule has 0 aliphatic heterocycles. The third kappa shape index (κ3) is 2.30. The fraction of sp³-hybridized carbons (Fsp3) is 0.100. The molecule has 0 bridgehead atoms. The van der Waals surface area contributed by atoms with E-state index in [-0.39, 0.29) is 26.0 Å². The van der Waals surface area contributed by atoms with Gasteiger partial charge in [0.15, 0.2) is 0 Å². The third-order valence-electron chi connectivity index (χ3n) is 2.10. The molecule has 0 saturated carbocycles. The molecule has 0 amide bonds. The van der Waals surface area contributed by atoms with Crippen LogP contribution in [-0.2, 0) is 6.18 Å². The molecule has 0 unspecified atom stereocenters. The zero-order chi connectivity index (χ0) is 12.8. The van der Waals surface area contributed by atoms with E-state index in [4.69, 9.17) is 34.8 Å². The Hall–Kier alpha value is -0.710. The summed E-state index contributed by atoms with van der Waals surface area (Å²) in [5.74, 6) is 0. The molecule has 0 saturated heterocycles. The Bertz CT molecular complexity index is 595. The van der Waals surface area contributed by atoms with Crippen molar-refractivity contribution in [1.29, 1.82) is 0 Å². The van der Waals surface area contributed by atoms with E-state index in [9.17, 15) is 13.2 Å². The Morgan fingerprint density at radius 1 is 0.941 bits per heavy atom. The van der Waals surface area contributed by atoms with Crippen molar-refractivity contribution in [2.45, 2.75) is 6.18 Å². The molecule has 0 fully saturated rings. The number of fused-ring (bicyclic) bond motifs is 1. The highest BCUT2D eigenvalue weighted by Crippen LogP contribution is 2.37. The number of benzene rings is 1. The number of hydrogen-bond acceptors (Lipinski definition) is 1. The molecule has 1 aromatic heterocycles. The first-order valence-electron chi connectivity index (χ1n) is 4.32. The maximum atomic E-state index is 12.5. The zero-order valence-corrected chi connectivity index (χ0v) is 10.2. The van der Waals surface area contributed by atoms with Gasteiger partial charge in [-0.15, -0.1) is 0 Å². The van der Waals surface area contributed by atoms with E-state index in [0.29, 0.717) is 0 Å². The Balaban J connectivity index is 2.87. The molecule has 7 heteroatoms. The smallest absolute Gasteiger partial charge is 0.242 e. The SMILES string of the molecule is FC(F)(F)c1cc(Cl)c2c(Cl)ccc(Cl)c2n1. The summed E-state index contributed by atoms with van der Waals surface area (Å²) in [5, 5.41) is 0.358. The lowest BCUT2D eigenvalue weighted by Gasteiger charge is -2.10. The van der Waals surface area contributed by atoms with E-state index < -0.39 is 11.9 Å². The van der Waals surface area contributed by atoms with Gasteiger partial charge in [-0.25, -0.2) is 4.98 Å². The lowest BCUT2D eigenvalue weighted by Crippen LogP contribution is -2.08. The Labute approximate surface area is 109 Å². The molecule has 2 aromatic rings. The first kappa shape index (κ1) is 12.7. The zero-order valence-electron chi connectivity index (χ0n) is 7.95. The summed E-state index contributed by atoms with van der Waals surface area (Å²) < 4.78 is 37.6. The highest BCUT2D eigenvalue weighted by Gasteiger charge is 2.33. The Kier molecular flexibility index (Phi) is 3.14. The molecule has 1 nitrogen and oxygen atoms in total. The van der Waals surface area contributed by atoms with Gasteiger partial charge in [0, 0.05) is 5.39 Å². The topological polar surface area (TPSA) is 12.9 Å². The minimum atomic E-state index is -4.58. The van der Waals surface area contributed by atoms with Gasteiger partial charge in [0.25, 0.3) is 0 Å². The molecule has 0 aliphatic carbocycles. The van der Waals surface area contributed by atoms with Gasteiger partial charge in [-0.1, -0.05) is 34.8 Å². The van der Waals surface area contributed by atoms with Crippen molar-refractivity contribution in [2.24, 2.45) is 0 Å². The summed E-state index contributed by atoms with van der Waals surface area (Å²) in [6.07, 6.45) is -4.58. The van der Waals surface area contributed by atoms with E-state index in [1.807, 2.05) is 0 Å². The van der Waals surface area contributed by atoms with Crippen LogP contribution in [-0.4, -0.2) is 4.98 Å². The van der Waals surface area contributed by atoms with Crippen LogP contribution in [0.25, 0.3) is 10.9 Å². The predicted octanol–water partition coefficient (Wildman–Crippen LogP) is 5.21. The number of pyridine rings is 1. The Morgan fingerprint density at radius 2 is 1.53 bits per heavy atom. The molecular weight excluding hydrogens is 297 g/mol. The second-order valence-electron chi connectivity index (χ2n) is 3.24. The van der Waals surface area contributed by atoms with Gasteiger partial charge in [0.1, 0.15) is 5.69 Å². The fourth-order valence-corrected chi connectivity index (χ4v) is 2.16. The lowest BCUT2D eigenvalue weighted by atomic mass is 10.2. The Morgan fingerprint density at radius 3 is 2.12 bits per heavy atom. The molecule has 0 aliphatic rings. The number of hydrogen-bond donors (Lipinski definition) is 0.